The van der Waals surface area contributed by atoms with Gasteiger partial charge in [-0.15, -0.1) is 0 Å². The number of fused-ring (bicyclic) bond motifs is 1. The van der Waals surface area contributed by atoms with Gasteiger partial charge >= 0.3 is 0 Å². The number of benzene rings is 1. The third-order valence-electron chi connectivity index (χ3n) is 3.89. The van der Waals surface area contributed by atoms with Gasteiger partial charge in [0.25, 0.3) is 0 Å². The van der Waals surface area contributed by atoms with E-state index in [1.54, 1.807) is 0 Å². The van der Waals surface area contributed by atoms with Crippen LogP contribution in [0.4, 0.5) is 8.78 Å². The fraction of sp³-hybridized carbons (Fsp3) is 0.357. The Kier molecular flexibility index (Phi) is 3.42. The molecule has 2 nitrogen and oxygen atoms in total. The first-order valence-electron chi connectivity index (χ1n) is 6.40. The molecule has 0 aliphatic carbocycles. The molecule has 0 saturated carbocycles. The monoisotopic (exact) mass is 314 g/mol. The first-order valence-corrected chi connectivity index (χ1v) is 7.19. The summed E-state index contributed by atoms with van der Waals surface area (Å²) in [5.74, 6) is -1.14. The fourth-order valence-electron chi connectivity index (χ4n) is 2.98. The highest BCUT2D eigenvalue weighted by Gasteiger charge is 2.28. The number of halogens is 3. The van der Waals surface area contributed by atoms with Crippen molar-refractivity contribution < 1.29 is 8.78 Å². The van der Waals surface area contributed by atoms with E-state index in [9.17, 15) is 8.78 Å². The van der Waals surface area contributed by atoms with E-state index >= 15 is 0 Å². The van der Waals surface area contributed by atoms with Crippen LogP contribution in [-0.4, -0.2) is 9.55 Å². The third kappa shape index (κ3) is 2.09. The van der Waals surface area contributed by atoms with Crippen LogP contribution in [0, 0.1) is 23.3 Å². The van der Waals surface area contributed by atoms with E-state index in [2.05, 4.69) is 4.98 Å². The lowest BCUT2D eigenvalue weighted by atomic mass is 9.94. The highest BCUT2D eigenvalue weighted by Crippen LogP contribution is 2.35. The average molecular weight is 315 g/mol. The summed E-state index contributed by atoms with van der Waals surface area (Å²) in [6.45, 7) is 2.72. The van der Waals surface area contributed by atoms with E-state index in [4.69, 9.17) is 23.8 Å². The molecule has 1 aliphatic heterocycles. The van der Waals surface area contributed by atoms with E-state index in [-0.39, 0.29) is 16.5 Å². The topological polar surface area (TPSA) is 20.7 Å². The Hall–Kier alpha value is -1.20. The Labute approximate surface area is 125 Å². The molecular formula is C14H13ClF2N2S. The number of imidazole rings is 1. The molecule has 0 amide bonds. The van der Waals surface area contributed by atoms with Crippen molar-refractivity contribution in [1.82, 2.24) is 9.55 Å². The van der Waals surface area contributed by atoms with Gasteiger partial charge in [0.05, 0.1) is 5.02 Å². The van der Waals surface area contributed by atoms with Crippen LogP contribution < -0.4 is 0 Å². The fourth-order valence-corrected chi connectivity index (χ4v) is 3.50. The lowest BCUT2D eigenvalue weighted by Crippen LogP contribution is -2.05. The standard InChI is InChI=1S/C14H13ClF2N2S/c1-7-13-8(4-5-19(13)14(20)18-7)6-9-11(16)3-2-10(15)12(9)17/h2-3,8H,4-6H2,1H3,(H,18,20)/t8-/m1/s1. The van der Waals surface area contributed by atoms with Crippen molar-refractivity contribution in [1.29, 1.82) is 0 Å². The largest absolute Gasteiger partial charge is 0.335 e. The third-order valence-corrected chi connectivity index (χ3v) is 4.51. The zero-order valence-corrected chi connectivity index (χ0v) is 12.4. The number of hydrogen-bond donors (Lipinski definition) is 1. The number of nitrogens with zero attached hydrogens (tertiary/aromatic N) is 1. The first-order chi connectivity index (χ1) is 9.49. The van der Waals surface area contributed by atoms with Crippen LogP contribution in [0.1, 0.15) is 29.3 Å². The predicted molar refractivity (Wildman–Crippen MR) is 76.8 cm³/mol. The molecule has 3 rings (SSSR count). The van der Waals surface area contributed by atoms with Crippen molar-refractivity contribution in [3.63, 3.8) is 0 Å². The summed E-state index contributed by atoms with van der Waals surface area (Å²) in [6.07, 6.45) is 1.13. The van der Waals surface area contributed by atoms with Crippen LogP contribution in [0.25, 0.3) is 0 Å². The minimum Gasteiger partial charge on any atom is -0.335 e. The van der Waals surface area contributed by atoms with Crippen molar-refractivity contribution in [2.45, 2.75) is 32.2 Å². The van der Waals surface area contributed by atoms with Gasteiger partial charge in [0, 0.05) is 29.4 Å². The number of aryl methyl sites for hydroxylation is 1. The Morgan fingerprint density at radius 2 is 2.20 bits per heavy atom. The predicted octanol–water partition coefficient (Wildman–Crippen LogP) is 4.52. The molecule has 0 radical (unpaired) electrons. The maximum Gasteiger partial charge on any atom is 0.177 e. The molecular weight excluding hydrogens is 302 g/mol. The second-order valence-electron chi connectivity index (χ2n) is 5.10. The SMILES string of the molecule is Cc1[nH]c(=S)n2c1[C@@H](Cc1c(F)ccc(Cl)c1F)CC2. The molecule has 20 heavy (non-hydrogen) atoms. The van der Waals surface area contributed by atoms with Crippen LogP contribution in [0.3, 0.4) is 0 Å². The molecule has 2 aromatic rings. The van der Waals surface area contributed by atoms with Crippen LogP contribution in [-0.2, 0) is 13.0 Å². The van der Waals surface area contributed by atoms with Crippen LogP contribution >= 0.6 is 23.8 Å². The molecule has 0 bridgehead atoms. The van der Waals surface area contributed by atoms with Crippen molar-refractivity contribution in [2.75, 3.05) is 0 Å². The average Bonchev–Trinajstić information content (AvgIpc) is 2.94. The molecule has 1 atom stereocenters. The van der Waals surface area contributed by atoms with Crippen molar-refractivity contribution in [2.24, 2.45) is 0 Å². The summed E-state index contributed by atoms with van der Waals surface area (Å²) in [6, 6.07) is 2.46. The maximum atomic E-state index is 14.0. The summed E-state index contributed by atoms with van der Waals surface area (Å²) >= 11 is 11.0. The number of hydrogen-bond acceptors (Lipinski definition) is 1. The first kappa shape index (κ1) is 13.8. The molecule has 0 saturated heterocycles. The van der Waals surface area contributed by atoms with E-state index in [0.29, 0.717) is 11.2 Å². The molecule has 0 unspecified atom stereocenters. The Morgan fingerprint density at radius 1 is 1.45 bits per heavy atom. The smallest absolute Gasteiger partial charge is 0.177 e. The van der Waals surface area contributed by atoms with Gasteiger partial charge in [-0.25, -0.2) is 8.78 Å². The van der Waals surface area contributed by atoms with Gasteiger partial charge in [0.1, 0.15) is 11.6 Å². The summed E-state index contributed by atoms with van der Waals surface area (Å²) in [4.78, 5) is 3.10. The summed E-state index contributed by atoms with van der Waals surface area (Å²) in [7, 11) is 0. The molecule has 2 heterocycles. The van der Waals surface area contributed by atoms with Gasteiger partial charge in [-0.3, -0.25) is 0 Å². The number of rotatable bonds is 2. The Bertz CT molecular complexity index is 736. The van der Waals surface area contributed by atoms with Gasteiger partial charge in [-0.2, -0.15) is 0 Å². The molecule has 1 aliphatic rings. The van der Waals surface area contributed by atoms with Crippen molar-refractivity contribution in [3.8, 4) is 0 Å². The second kappa shape index (κ2) is 4.97. The number of nitrogens with one attached hydrogen (secondary N) is 1. The number of H-pyrrole nitrogens is 1. The molecule has 0 spiro atoms. The summed E-state index contributed by atoms with van der Waals surface area (Å²) in [5, 5.41) is -0.0398. The molecule has 1 N–H and O–H groups in total. The zero-order valence-electron chi connectivity index (χ0n) is 10.8. The van der Waals surface area contributed by atoms with Gasteiger partial charge in [0.15, 0.2) is 4.77 Å². The lowest BCUT2D eigenvalue weighted by Gasteiger charge is -2.12. The maximum absolute atomic E-state index is 14.0. The summed E-state index contributed by atoms with van der Waals surface area (Å²) in [5.41, 5.74) is 2.08. The molecule has 106 valence electrons. The number of aromatic amines is 1. The van der Waals surface area contributed by atoms with Gasteiger partial charge in [-0.1, -0.05) is 11.6 Å². The second-order valence-corrected chi connectivity index (χ2v) is 5.90. The molecule has 1 aromatic carbocycles. The van der Waals surface area contributed by atoms with E-state index in [1.165, 1.54) is 12.1 Å². The minimum absolute atomic E-state index is 0.0398. The Balaban J connectivity index is 2.00. The quantitative estimate of drug-likeness (QED) is 0.638. The van der Waals surface area contributed by atoms with Crippen molar-refractivity contribution >= 4 is 23.8 Å². The lowest BCUT2D eigenvalue weighted by molar-refractivity contribution is 0.534. The number of aromatic nitrogens is 2. The van der Waals surface area contributed by atoms with Gasteiger partial charge < -0.3 is 9.55 Å². The van der Waals surface area contributed by atoms with E-state index in [0.717, 1.165) is 24.4 Å². The van der Waals surface area contributed by atoms with Crippen LogP contribution in [0.2, 0.25) is 5.02 Å². The van der Waals surface area contributed by atoms with Crippen molar-refractivity contribution in [3.05, 3.63) is 50.5 Å². The highest BCUT2D eigenvalue weighted by molar-refractivity contribution is 7.71. The molecule has 1 aromatic heterocycles. The molecule has 6 heteroatoms. The van der Waals surface area contributed by atoms with Crippen LogP contribution in [0.15, 0.2) is 12.1 Å². The molecule has 0 fully saturated rings. The summed E-state index contributed by atoms with van der Waals surface area (Å²) < 4.78 is 30.5. The Morgan fingerprint density at radius 3 is 2.95 bits per heavy atom. The highest BCUT2D eigenvalue weighted by atomic mass is 35.5. The zero-order chi connectivity index (χ0) is 14.4. The van der Waals surface area contributed by atoms with Crippen LogP contribution in [0.5, 0.6) is 0 Å². The van der Waals surface area contributed by atoms with Gasteiger partial charge in [0.2, 0.25) is 0 Å². The van der Waals surface area contributed by atoms with E-state index in [1.807, 2.05) is 11.5 Å². The van der Waals surface area contributed by atoms with Gasteiger partial charge in [-0.05, 0) is 44.1 Å². The van der Waals surface area contributed by atoms with E-state index < -0.39 is 11.6 Å². The normalized spacial score (nSPS) is 17.5. The minimum atomic E-state index is -0.656.